The third-order valence-corrected chi connectivity index (χ3v) is 4.15. The molecular weight excluding hydrogens is 435 g/mol. The molecule has 0 atom stereocenters. The highest BCUT2D eigenvalue weighted by molar-refractivity contribution is 14.0. The number of benzene rings is 1. The maximum absolute atomic E-state index is 5.18. The predicted octanol–water partition coefficient (Wildman–Crippen LogP) is 3.68. The van der Waals surface area contributed by atoms with E-state index in [0.29, 0.717) is 6.54 Å². The highest BCUT2D eigenvalue weighted by atomic mass is 127. The Morgan fingerprint density at radius 1 is 1.33 bits per heavy atom. The van der Waals surface area contributed by atoms with Crippen LogP contribution in [0.5, 0.6) is 5.75 Å². The molecule has 2 rings (SSSR count). The molecule has 24 heavy (non-hydrogen) atoms. The number of aryl methyl sites for hydroxylation is 1. The van der Waals surface area contributed by atoms with E-state index >= 15 is 0 Å². The van der Waals surface area contributed by atoms with E-state index in [1.807, 2.05) is 38.2 Å². The molecule has 0 unspecified atom stereocenters. The van der Waals surface area contributed by atoms with Crippen molar-refractivity contribution in [2.24, 2.45) is 4.99 Å². The normalized spacial score (nSPS) is 10.9. The Kier molecular flexibility index (Phi) is 9.05. The number of rotatable bonds is 6. The first kappa shape index (κ1) is 20.7. The van der Waals surface area contributed by atoms with E-state index in [9.17, 15) is 0 Å². The standard InChI is InChI=1S/C17H24N4OS.HI/c1-5-18-17(21(3)11-15-12-23-13(2)20-15)19-10-14-6-8-16(22-4)9-7-14;/h6-9,12H,5,10-11H2,1-4H3,(H,18,19);1H. The van der Waals surface area contributed by atoms with Gasteiger partial charge in [-0.1, -0.05) is 12.1 Å². The molecule has 0 amide bonds. The Balaban J connectivity index is 0.00000288. The third kappa shape index (κ3) is 6.27. The summed E-state index contributed by atoms with van der Waals surface area (Å²) in [6.07, 6.45) is 0. The lowest BCUT2D eigenvalue weighted by Crippen LogP contribution is -2.38. The lowest BCUT2D eigenvalue weighted by atomic mass is 10.2. The number of aromatic nitrogens is 1. The van der Waals surface area contributed by atoms with Gasteiger partial charge in [-0.15, -0.1) is 35.3 Å². The fourth-order valence-corrected chi connectivity index (χ4v) is 2.77. The van der Waals surface area contributed by atoms with E-state index in [4.69, 9.17) is 9.73 Å². The minimum Gasteiger partial charge on any atom is -0.497 e. The first-order valence-corrected chi connectivity index (χ1v) is 8.53. The number of ether oxygens (including phenoxy) is 1. The van der Waals surface area contributed by atoms with Gasteiger partial charge in [-0.05, 0) is 31.5 Å². The van der Waals surface area contributed by atoms with Gasteiger partial charge in [-0.3, -0.25) is 0 Å². The third-order valence-electron chi connectivity index (χ3n) is 3.33. The fourth-order valence-electron chi connectivity index (χ4n) is 2.17. The van der Waals surface area contributed by atoms with Crippen molar-refractivity contribution in [3.63, 3.8) is 0 Å². The van der Waals surface area contributed by atoms with Crippen molar-refractivity contribution in [2.75, 3.05) is 20.7 Å². The van der Waals surface area contributed by atoms with Crippen LogP contribution in [0.25, 0.3) is 0 Å². The molecule has 7 heteroatoms. The van der Waals surface area contributed by atoms with Gasteiger partial charge in [0.15, 0.2) is 5.96 Å². The second-order valence-electron chi connectivity index (χ2n) is 5.23. The minimum absolute atomic E-state index is 0. The van der Waals surface area contributed by atoms with Gasteiger partial charge in [0.1, 0.15) is 5.75 Å². The van der Waals surface area contributed by atoms with E-state index in [0.717, 1.165) is 41.1 Å². The van der Waals surface area contributed by atoms with Gasteiger partial charge < -0.3 is 15.0 Å². The molecule has 0 bridgehead atoms. The van der Waals surface area contributed by atoms with Crippen molar-refractivity contribution in [1.29, 1.82) is 0 Å². The van der Waals surface area contributed by atoms with Crippen molar-refractivity contribution in [1.82, 2.24) is 15.2 Å². The van der Waals surface area contributed by atoms with Crippen LogP contribution >= 0.6 is 35.3 Å². The molecule has 0 saturated carbocycles. The van der Waals surface area contributed by atoms with Crippen molar-refractivity contribution in [2.45, 2.75) is 26.9 Å². The second-order valence-corrected chi connectivity index (χ2v) is 6.29. The molecule has 0 fully saturated rings. The summed E-state index contributed by atoms with van der Waals surface area (Å²) in [5, 5.41) is 6.52. The SMILES string of the molecule is CCNC(=NCc1ccc(OC)cc1)N(C)Cc1csc(C)n1.I. The van der Waals surface area contributed by atoms with Gasteiger partial charge in [-0.2, -0.15) is 0 Å². The van der Waals surface area contributed by atoms with E-state index in [-0.39, 0.29) is 24.0 Å². The number of halogens is 1. The smallest absolute Gasteiger partial charge is 0.194 e. The second kappa shape index (κ2) is 10.5. The molecule has 0 aliphatic rings. The van der Waals surface area contributed by atoms with Gasteiger partial charge in [0.2, 0.25) is 0 Å². The van der Waals surface area contributed by atoms with Crippen LogP contribution in [0.15, 0.2) is 34.6 Å². The van der Waals surface area contributed by atoms with Crippen molar-refractivity contribution in [3.05, 3.63) is 45.9 Å². The van der Waals surface area contributed by atoms with Crippen LogP contribution in [0.4, 0.5) is 0 Å². The highest BCUT2D eigenvalue weighted by Crippen LogP contribution is 2.13. The summed E-state index contributed by atoms with van der Waals surface area (Å²) >= 11 is 1.68. The predicted molar refractivity (Wildman–Crippen MR) is 112 cm³/mol. The quantitative estimate of drug-likeness (QED) is 0.406. The summed E-state index contributed by atoms with van der Waals surface area (Å²) < 4.78 is 5.18. The zero-order chi connectivity index (χ0) is 16.7. The molecule has 1 aromatic carbocycles. The summed E-state index contributed by atoms with van der Waals surface area (Å²) in [4.78, 5) is 11.3. The number of nitrogens with one attached hydrogen (secondary N) is 1. The number of aliphatic imine (C=N–C) groups is 1. The van der Waals surface area contributed by atoms with E-state index in [1.165, 1.54) is 0 Å². The van der Waals surface area contributed by atoms with E-state index in [1.54, 1.807) is 18.4 Å². The summed E-state index contributed by atoms with van der Waals surface area (Å²) in [5.41, 5.74) is 2.23. The monoisotopic (exact) mass is 460 g/mol. The van der Waals surface area contributed by atoms with Crippen molar-refractivity contribution < 1.29 is 4.74 Å². The Hall–Kier alpha value is -1.35. The molecule has 5 nitrogen and oxygen atoms in total. The Bertz CT molecular complexity index is 642. The van der Waals surface area contributed by atoms with Gasteiger partial charge >= 0.3 is 0 Å². The molecule has 0 aliphatic heterocycles. The lowest BCUT2D eigenvalue weighted by molar-refractivity contribution is 0.414. The van der Waals surface area contributed by atoms with Gasteiger partial charge in [0.25, 0.3) is 0 Å². The number of methoxy groups -OCH3 is 1. The van der Waals surface area contributed by atoms with Crippen LogP contribution in [0.2, 0.25) is 0 Å². The van der Waals surface area contributed by atoms with Crippen LogP contribution < -0.4 is 10.1 Å². The first-order valence-electron chi connectivity index (χ1n) is 7.65. The molecule has 2 aromatic rings. The molecule has 0 radical (unpaired) electrons. The number of thiazole rings is 1. The minimum atomic E-state index is 0. The molecule has 0 spiro atoms. The molecule has 0 saturated heterocycles. The van der Waals surface area contributed by atoms with Crippen LogP contribution in [-0.2, 0) is 13.1 Å². The van der Waals surface area contributed by atoms with Crippen molar-refractivity contribution in [3.8, 4) is 5.75 Å². The molecule has 0 aliphatic carbocycles. The Morgan fingerprint density at radius 2 is 2.04 bits per heavy atom. The number of guanidine groups is 1. The van der Waals surface area contributed by atoms with Crippen molar-refractivity contribution >= 4 is 41.3 Å². The van der Waals surface area contributed by atoms with Gasteiger partial charge in [-0.25, -0.2) is 9.98 Å². The molecule has 132 valence electrons. The molecule has 1 heterocycles. The van der Waals surface area contributed by atoms with Crippen LogP contribution in [0.1, 0.15) is 23.2 Å². The maximum Gasteiger partial charge on any atom is 0.194 e. The Morgan fingerprint density at radius 3 is 2.58 bits per heavy atom. The molecular formula is C17H25IN4OS. The summed E-state index contributed by atoms with van der Waals surface area (Å²) in [6.45, 7) is 6.31. The molecule has 1 N–H and O–H groups in total. The van der Waals surface area contributed by atoms with Gasteiger partial charge in [0.05, 0.1) is 30.9 Å². The lowest BCUT2D eigenvalue weighted by Gasteiger charge is -2.21. The van der Waals surface area contributed by atoms with Crippen LogP contribution in [0, 0.1) is 6.92 Å². The van der Waals surface area contributed by atoms with E-state index in [2.05, 4.69) is 27.5 Å². The maximum atomic E-state index is 5.18. The zero-order valence-corrected chi connectivity index (χ0v) is 17.7. The molecule has 1 aromatic heterocycles. The van der Waals surface area contributed by atoms with Crippen LogP contribution in [-0.4, -0.2) is 36.5 Å². The summed E-state index contributed by atoms with van der Waals surface area (Å²) in [5.74, 6) is 1.75. The van der Waals surface area contributed by atoms with E-state index < -0.39 is 0 Å². The summed E-state index contributed by atoms with van der Waals surface area (Å²) in [6, 6.07) is 7.99. The number of nitrogens with zero attached hydrogens (tertiary/aromatic N) is 3. The average Bonchev–Trinajstić information content (AvgIpc) is 2.96. The zero-order valence-electron chi connectivity index (χ0n) is 14.6. The van der Waals surface area contributed by atoms with Crippen LogP contribution in [0.3, 0.4) is 0 Å². The van der Waals surface area contributed by atoms with Gasteiger partial charge in [0, 0.05) is 19.0 Å². The average molecular weight is 460 g/mol. The Labute approximate surface area is 165 Å². The topological polar surface area (TPSA) is 49.8 Å². The largest absolute Gasteiger partial charge is 0.497 e. The summed E-state index contributed by atoms with van der Waals surface area (Å²) in [7, 11) is 3.70. The number of hydrogen-bond acceptors (Lipinski definition) is 4. The fraction of sp³-hybridized carbons (Fsp3) is 0.412. The highest BCUT2D eigenvalue weighted by Gasteiger charge is 2.08. The first-order chi connectivity index (χ1) is 11.1. The number of hydrogen-bond donors (Lipinski definition) is 1.